The zero-order valence-electron chi connectivity index (χ0n) is 20.1. The highest BCUT2D eigenvalue weighted by atomic mass is 32.1. The standard InChI is InChI=1S/C26H28F2N4O2S/c1-6-22(33)31-12-19(18-11-15(2)35-21(18)14-31)16-9-7-8-10-17(16)20-13-32(25(3,4)24(29)34)30-23(20)26(5,27)28/h6-11,13,19H,1,12,14H2,2-5H3,(H2,29,34)/t19-/m0/s1. The van der Waals surface area contributed by atoms with Gasteiger partial charge in [-0.25, -0.2) is 0 Å². The van der Waals surface area contributed by atoms with Crippen LogP contribution < -0.4 is 5.73 Å². The van der Waals surface area contributed by atoms with E-state index >= 15 is 0 Å². The van der Waals surface area contributed by atoms with Crippen molar-refractivity contribution in [2.75, 3.05) is 6.54 Å². The van der Waals surface area contributed by atoms with E-state index in [4.69, 9.17) is 5.73 Å². The maximum atomic E-state index is 14.8. The average Bonchev–Trinajstić information content (AvgIpc) is 3.41. The van der Waals surface area contributed by atoms with Gasteiger partial charge in [0.15, 0.2) is 0 Å². The molecular weight excluding hydrogens is 470 g/mol. The van der Waals surface area contributed by atoms with Crippen LogP contribution in [-0.4, -0.2) is 33.0 Å². The molecule has 2 aromatic heterocycles. The molecule has 35 heavy (non-hydrogen) atoms. The van der Waals surface area contributed by atoms with Crippen molar-refractivity contribution in [1.29, 1.82) is 0 Å². The van der Waals surface area contributed by atoms with Crippen molar-refractivity contribution in [2.45, 2.75) is 51.6 Å². The van der Waals surface area contributed by atoms with Crippen molar-refractivity contribution in [3.05, 3.63) is 75.8 Å². The molecule has 2 N–H and O–H groups in total. The summed E-state index contributed by atoms with van der Waals surface area (Å²) < 4.78 is 30.8. The number of nitrogens with zero attached hydrogens (tertiary/aromatic N) is 3. The summed E-state index contributed by atoms with van der Waals surface area (Å²) in [7, 11) is 0. The number of carbonyl (C=O) groups excluding carboxylic acids is 2. The van der Waals surface area contributed by atoms with E-state index in [1.165, 1.54) is 30.8 Å². The predicted octanol–water partition coefficient (Wildman–Crippen LogP) is 4.91. The Morgan fingerprint density at radius 1 is 1.20 bits per heavy atom. The Hall–Kier alpha value is -3.33. The van der Waals surface area contributed by atoms with E-state index in [9.17, 15) is 18.4 Å². The fourth-order valence-corrected chi connectivity index (χ4v) is 5.57. The Morgan fingerprint density at radius 3 is 2.51 bits per heavy atom. The van der Waals surface area contributed by atoms with Crippen molar-refractivity contribution in [3.63, 3.8) is 0 Å². The highest BCUT2D eigenvalue weighted by Gasteiger charge is 2.38. The number of rotatable bonds is 6. The second-order valence-electron chi connectivity index (χ2n) is 9.45. The van der Waals surface area contributed by atoms with Gasteiger partial charge in [0.05, 0.1) is 6.54 Å². The van der Waals surface area contributed by atoms with Gasteiger partial charge in [-0.2, -0.15) is 13.9 Å². The highest BCUT2D eigenvalue weighted by molar-refractivity contribution is 7.12. The number of hydrogen-bond donors (Lipinski definition) is 1. The van der Waals surface area contributed by atoms with E-state index in [2.05, 4.69) is 17.7 Å². The van der Waals surface area contributed by atoms with Crippen molar-refractivity contribution in [1.82, 2.24) is 14.7 Å². The van der Waals surface area contributed by atoms with E-state index in [0.717, 1.165) is 27.8 Å². The van der Waals surface area contributed by atoms with Crippen LogP contribution in [0.5, 0.6) is 0 Å². The molecule has 3 aromatic rings. The third-order valence-electron chi connectivity index (χ3n) is 6.50. The summed E-state index contributed by atoms with van der Waals surface area (Å²) in [5, 5.41) is 4.13. The molecule has 0 radical (unpaired) electrons. The van der Waals surface area contributed by atoms with Gasteiger partial charge in [-0.3, -0.25) is 14.3 Å². The first-order valence-electron chi connectivity index (χ1n) is 11.2. The molecule has 2 amide bonds. The minimum atomic E-state index is -3.26. The van der Waals surface area contributed by atoms with Crippen molar-refractivity contribution >= 4 is 23.2 Å². The monoisotopic (exact) mass is 498 g/mol. The van der Waals surface area contributed by atoms with Crippen LogP contribution in [0, 0.1) is 6.92 Å². The van der Waals surface area contributed by atoms with Crippen molar-refractivity contribution < 1.29 is 18.4 Å². The number of aromatic nitrogens is 2. The number of thiophene rings is 1. The minimum absolute atomic E-state index is 0.180. The molecule has 0 spiro atoms. The van der Waals surface area contributed by atoms with Gasteiger partial charge in [-0.15, -0.1) is 11.3 Å². The average molecular weight is 499 g/mol. The highest BCUT2D eigenvalue weighted by Crippen LogP contribution is 2.44. The number of primary amides is 1. The lowest BCUT2D eigenvalue weighted by Gasteiger charge is -2.33. The summed E-state index contributed by atoms with van der Waals surface area (Å²) in [6, 6.07) is 9.41. The minimum Gasteiger partial charge on any atom is -0.368 e. The molecule has 0 saturated carbocycles. The van der Waals surface area contributed by atoms with Crippen LogP contribution in [0.25, 0.3) is 11.1 Å². The lowest BCUT2D eigenvalue weighted by atomic mass is 9.83. The van der Waals surface area contributed by atoms with Gasteiger partial charge in [0.1, 0.15) is 11.2 Å². The molecule has 1 aliphatic rings. The second kappa shape index (κ2) is 8.71. The van der Waals surface area contributed by atoms with Gasteiger partial charge >= 0.3 is 0 Å². The number of benzene rings is 1. The van der Waals surface area contributed by atoms with Crippen LogP contribution in [0.15, 0.2) is 49.2 Å². The number of halogens is 2. The van der Waals surface area contributed by atoms with Gasteiger partial charge in [0.25, 0.3) is 5.92 Å². The van der Waals surface area contributed by atoms with Crippen LogP contribution >= 0.6 is 11.3 Å². The predicted molar refractivity (Wildman–Crippen MR) is 132 cm³/mol. The molecule has 0 saturated heterocycles. The summed E-state index contributed by atoms with van der Waals surface area (Å²) in [6.07, 6.45) is 2.76. The van der Waals surface area contributed by atoms with E-state index in [-0.39, 0.29) is 17.4 Å². The van der Waals surface area contributed by atoms with E-state index in [1.54, 1.807) is 28.4 Å². The summed E-state index contributed by atoms with van der Waals surface area (Å²) in [5.41, 5.74) is 6.48. The largest absolute Gasteiger partial charge is 0.368 e. The van der Waals surface area contributed by atoms with Gasteiger partial charge in [-0.1, -0.05) is 30.8 Å². The van der Waals surface area contributed by atoms with Crippen molar-refractivity contribution in [3.8, 4) is 11.1 Å². The fourth-order valence-electron chi connectivity index (χ4n) is 4.46. The lowest BCUT2D eigenvalue weighted by Crippen LogP contribution is -2.41. The third kappa shape index (κ3) is 4.40. The number of amides is 2. The van der Waals surface area contributed by atoms with Gasteiger partial charge in [0, 0.05) is 40.9 Å². The maximum Gasteiger partial charge on any atom is 0.289 e. The van der Waals surface area contributed by atoms with E-state index in [0.29, 0.717) is 18.7 Å². The Bertz CT molecular complexity index is 1320. The molecule has 0 bridgehead atoms. The first kappa shape index (κ1) is 24.8. The molecule has 0 unspecified atom stereocenters. The van der Waals surface area contributed by atoms with E-state index in [1.807, 2.05) is 19.1 Å². The molecule has 1 aliphatic heterocycles. The van der Waals surface area contributed by atoms with Gasteiger partial charge in [-0.05, 0) is 49.6 Å². The van der Waals surface area contributed by atoms with Crippen LogP contribution in [0.3, 0.4) is 0 Å². The van der Waals surface area contributed by atoms with Crippen LogP contribution in [0.4, 0.5) is 8.78 Å². The molecule has 4 rings (SSSR count). The number of fused-ring (bicyclic) bond motifs is 1. The van der Waals surface area contributed by atoms with E-state index < -0.39 is 23.1 Å². The molecule has 184 valence electrons. The lowest BCUT2D eigenvalue weighted by molar-refractivity contribution is -0.127. The topological polar surface area (TPSA) is 81.2 Å². The summed E-state index contributed by atoms with van der Waals surface area (Å²) in [4.78, 5) is 28.5. The number of alkyl halides is 2. The first-order chi connectivity index (χ1) is 16.3. The maximum absolute atomic E-state index is 14.8. The molecule has 1 atom stereocenters. The fraction of sp³-hybridized carbons (Fsp3) is 0.346. The van der Waals surface area contributed by atoms with Gasteiger partial charge < -0.3 is 10.6 Å². The van der Waals surface area contributed by atoms with Crippen LogP contribution in [0.2, 0.25) is 0 Å². The van der Waals surface area contributed by atoms with Crippen LogP contribution in [-0.2, 0) is 27.6 Å². The van der Waals surface area contributed by atoms with Crippen LogP contribution in [0.1, 0.15) is 53.3 Å². The number of nitrogens with two attached hydrogens (primary N) is 1. The molecular formula is C26H28F2N4O2S. The number of hydrogen-bond acceptors (Lipinski definition) is 4. The zero-order valence-corrected chi connectivity index (χ0v) is 21.0. The Balaban J connectivity index is 1.93. The third-order valence-corrected chi connectivity index (χ3v) is 7.55. The Kier molecular flexibility index (Phi) is 6.17. The molecule has 1 aromatic carbocycles. The molecule has 0 aliphatic carbocycles. The SMILES string of the molecule is C=CC(=O)N1Cc2sc(C)cc2[C@H](c2ccccc2-c2cn(C(C)(C)C(N)=O)nc2C(C)(F)F)C1. The van der Waals surface area contributed by atoms with Gasteiger partial charge in [0.2, 0.25) is 11.8 Å². The Morgan fingerprint density at radius 2 is 1.89 bits per heavy atom. The smallest absolute Gasteiger partial charge is 0.289 e. The molecule has 0 fully saturated rings. The zero-order chi connectivity index (χ0) is 25.7. The summed E-state index contributed by atoms with van der Waals surface area (Å²) >= 11 is 1.62. The number of carbonyl (C=O) groups is 2. The first-order valence-corrected chi connectivity index (χ1v) is 12.0. The normalized spacial score (nSPS) is 16.2. The Labute approximate surface area is 207 Å². The summed E-state index contributed by atoms with van der Waals surface area (Å²) in [5.74, 6) is -4.35. The molecule has 3 heterocycles. The molecule has 6 nitrogen and oxygen atoms in total. The summed E-state index contributed by atoms with van der Waals surface area (Å²) in [6.45, 7) is 10.4. The molecule has 9 heteroatoms. The second-order valence-corrected chi connectivity index (χ2v) is 10.8. The number of aryl methyl sites for hydroxylation is 1. The quantitative estimate of drug-likeness (QED) is 0.490. The van der Waals surface area contributed by atoms with Crippen molar-refractivity contribution in [2.24, 2.45) is 5.73 Å².